The molecule has 0 N–H and O–H groups in total. The van der Waals surface area contributed by atoms with Gasteiger partial charge in [0.1, 0.15) is 0 Å². The highest BCUT2D eigenvalue weighted by Crippen LogP contribution is 2.55. The molecule has 2 aromatic carbocycles. The average Bonchev–Trinajstić information content (AvgIpc) is 2.89. The zero-order valence-electron chi connectivity index (χ0n) is 18.5. The number of anilines is 2. The Bertz CT molecular complexity index is 1170. The number of rotatable bonds is 4. The maximum Gasteiger partial charge on any atom is 0.309 e. The van der Waals surface area contributed by atoms with E-state index in [0.29, 0.717) is 6.54 Å². The molecule has 0 radical (unpaired) electrons. The van der Waals surface area contributed by atoms with Crippen LogP contribution in [0.5, 0.6) is 0 Å². The fraction of sp³-hybridized carbons (Fsp3) is 0.375. The van der Waals surface area contributed by atoms with Crippen LogP contribution in [0.2, 0.25) is 0 Å². The van der Waals surface area contributed by atoms with Crippen LogP contribution in [-0.4, -0.2) is 47.0 Å². The molecule has 0 bridgehead atoms. The molecule has 0 aromatic heterocycles. The van der Waals surface area contributed by atoms with E-state index < -0.39 is 21.0 Å². The summed E-state index contributed by atoms with van der Waals surface area (Å²) >= 11 is 0. The highest BCUT2D eigenvalue weighted by atomic mass is 32.2. The quantitative estimate of drug-likeness (QED) is 0.677. The van der Waals surface area contributed by atoms with Crippen molar-refractivity contribution in [2.45, 2.75) is 36.3 Å². The highest BCUT2D eigenvalue weighted by molar-refractivity contribution is 7.90. The zero-order valence-corrected chi connectivity index (χ0v) is 19.4. The Hall–Kier alpha value is -2.80. The third kappa shape index (κ3) is 3.41. The average molecular weight is 441 g/mol. The first-order valence-corrected chi connectivity index (χ1v) is 12.2. The normalized spacial score (nSPS) is 22.2. The Morgan fingerprint density at radius 3 is 2.39 bits per heavy atom. The number of nitrogens with zero attached hydrogens (tertiary/aromatic N) is 2. The van der Waals surface area contributed by atoms with Crippen LogP contribution < -0.4 is 9.80 Å². The fourth-order valence-corrected chi connectivity index (χ4v) is 5.16. The molecular weight excluding hydrogens is 412 g/mol. The minimum atomic E-state index is -3.35. The molecule has 164 valence electrons. The molecule has 0 aliphatic carbocycles. The van der Waals surface area contributed by atoms with Crippen molar-refractivity contribution < 1.29 is 17.9 Å². The molecule has 2 aliphatic rings. The molecule has 0 saturated carbocycles. The Balaban J connectivity index is 1.81. The van der Waals surface area contributed by atoms with Crippen LogP contribution >= 0.6 is 0 Å². The van der Waals surface area contributed by atoms with Gasteiger partial charge in [-0.05, 0) is 61.4 Å². The van der Waals surface area contributed by atoms with Crippen molar-refractivity contribution >= 4 is 33.3 Å². The van der Waals surface area contributed by atoms with Crippen molar-refractivity contribution in [2.75, 3.05) is 36.7 Å². The molecule has 0 spiro atoms. The lowest BCUT2D eigenvalue weighted by molar-refractivity contribution is -0.164. The van der Waals surface area contributed by atoms with Gasteiger partial charge in [-0.1, -0.05) is 18.2 Å². The second-order valence-corrected chi connectivity index (χ2v) is 11.0. The number of hydrogen-bond donors (Lipinski definition) is 0. The SMILES string of the molecule is CN(C)c1ccc(/C=C/C23OC(=O)CCN2c2ccc(S(C)(=O)=O)cc2C3(C)C)cc1. The lowest BCUT2D eigenvalue weighted by Crippen LogP contribution is -2.60. The van der Waals surface area contributed by atoms with Crippen LogP contribution in [-0.2, 0) is 24.8 Å². The van der Waals surface area contributed by atoms with Crippen molar-refractivity contribution in [2.24, 2.45) is 0 Å². The van der Waals surface area contributed by atoms with Crippen molar-refractivity contribution in [1.82, 2.24) is 0 Å². The molecule has 6 nitrogen and oxygen atoms in total. The van der Waals surface area contributed by atoms with Crippen molar-refractivity contribution in [3.63, 3.8) is 0 Å². The number of sulfone groups is 1. The first-order chi connectivity index (χ1) is 14.5. The largest absolute Gasteiger partial charge is 0.434 e. The summed E-state index contributed by atoms with van der Waals surface area (Å²) in [6.07, 6.45) is 5.40. The summed E-state index contributed by atoms with van der Waals surface area (Å²) in [6, 6.07) is 13.3. The molecular formula is C24H28N2O4S. The van der Waals surface area contributed by atoms with Crippen molar-refractivity contribution in [3.8, 4) is 0 Å². The fourth-order valence-electron chi connectivity index (χ4n) is 4.51. The molecule has 1 atom stereocenters. The van der Waals surface area contributed by atoms with E-state index in [2.05, 4.69) is 4.90 Å². The Morgan fingerprint density at radius 2 is 1.77 bits per heavy atom. The predicted octanol–water partition coefficient (Wildman–Crippen LogP) is 3.61. The monoisotopic (exact) mass is 440 g/mol. The molecule has 1 saturated heterocycles. The summed E-state index contributed by atoms with van der Waals surface area (Å²) in [5.41, 5.74) is 2.17. The molecule has 31 heavy (non-hydrogen) atoms. The molecule has 2 aromatic rings. The summed E-state index contributed by atoms with van der Waals surface area (Å²) in [6.45, 7) is 4.50. The van der Waals surface area contributed by atoms with Gasteiger partial charge in [0, 0.05) is 38.3 Å². The number of benzene rings is 2. The summed E-state index contributed by atoms with van der Waals surface area (Å²) in [4.78, 5) is 16.8. The van der Waals surface area contributed by atoms with E-state index in [9.17, 15) is 13.2 Å². The first-order valence-electron chi connectivity index (χ1n) is 10.3. The second-order valence-electron chi connectivity index (χ2n) is 8.97. The zero-order chi connectivity index (χ0) is 22.6. The molecule has 1 unspecified atom stereocenters. The standard InChI is InChI=1S/C24H28N2O4S/c1-23(2)20-16-19(31(5,28)29)10-11-21(20)26-15-13-22(27)30-24(23,26)14-12-17-6-8-18(9-7-17)25(3)4/h6-12,14,16H,13,15H2,1-5H3/b14-12+. The van der Waals surface area contributed by atoms with Crippen LogP contribution in [0.4, 0.5) is 11.4 Å². The Kier molecular flexibility index (Phi) is 4.92. The molecule has 1 fully saturated rings. The minimum absolute atomic E-state index is 0.256. The molecule has 2 heterocycles. The van der Waals surface area contributed by atoms with Gasteiger partial charge in [-0.3, -0.25) is 4.79 Å². The van der Waals surface area contributed by atoms with Gasteiger partial charge in [-0.15, -0.1) is 0 Å². The molecule has 4 rings (SSSR count). The Labute approximate surface area is 184 Å². The van der Waals surface area contributed by atoms with Crippen LogP contribution in [0.3, 0.4) is 0 Å². The number of carbonyl (C=O) groups is 1. The maximum atomic E-state index is 12.4. The highest BCUT2D eigenvalue weighted by Gasteiger charge is 2.60. The van der Waals surface area contributed by atoms with Crippen molar-refractivity contribution in [3.05, 3.63) is 59.7 Å². The van der Waals surface area contributed by atoms with Gasteiger partial charge in [0.25, 0.3) is 0 Å². The third-order valence-corrected chi connectivity index (χ3v) is 7.49. The summed E-state index contributed by atoms with van der Waals surface area (Å²) < 4.78 is 30.4. The summed E-state index contributed by atoms with van der Waals surface area (Å²) in [5.74, 6) is -0.256. The van der Waals surface area contributed by atoms with Crippen LogP contribution in [0.1, 0.15) is 31.4 Å². The summed E-state index contributed by atoms with van der Waals surface area (Å²) in [5, 5.41) is 0. The first kappa shape index (κ1) is 21.4. The van der Waals surface area contributed by atoms with Crippen LogP contribution in [0, 0.1) is 0 Å². The Morgan fingerprint density at radius 1 is 1.10 bits per heavy atom. The number of hydrogen-bond acceptors (Lipinski definition) is 6. The van der Waals surface area contributed by atoms with E-state index in [1.54, 1.807) is 12.1 Å². The van der Waals surface area contributed by atoms with Gasteiger partial charge in [0.15, 0.2) is 9.84 Å². The van der Waals surface area contributed by atoms with E-state index in [1.807, 2.05) is 75.3 Å². The van der Waals surface area contributed by atoms with Gasteiger partial charge in [0.2, 0.25) is 5.72 Å². The van der Waals surface area contributed by atoms with Gasteiger partial charge < -0.3 is 14.5 Å². The third-order valence-electron chi connectivity index (χ3n) is 6.38. The summed E-state index contributed by atoms with van der Waals surface area (Å²) in [7, 11) is 0.632. The van der Waals surface area contributed by atoms with Gasteiger partial charge >= 0.3 is 5.97 Å². The smallest absolute Gasteiger partial charge is 0.309 e. The topological polar surface area (TPSA) is 66.9 Å². The van der Waals surface area contributed by atoms with Gasteiger partial charge in [-0.2, -0.15) is 0 Å². The molecule has 7 heteroatoms. The maximum absolute atomic E-state index is 12.4. The molecule has 2 aliphatic heterocycles. The number of ether oxygens (including phenoxy) is 1. The van der Waals surface area contributed by atoms with E-state index in [1.165, 1.54) is 6.26 Å². The number of esters is 1. The lowest BCUT2D eigenvalue weighted by Gasteiger charge is -2.47. The second kappa shape index (κ2) is 7.12. The van der Waals surface area contributed by atoms with E-state index in [-0.39, 0.29) is 17.3 Å². The van der Waals surface area contributed by atoms with E-state index >= 15 is 0 Å². The van der Waals surface area contributed by atoms with Crippen LogP contribution in [0.25, 0.3) is 6.08 Å². The van der Waals surface area contributed by atoms with Crippen molar-refractivity contribution in [1.29, 1.82) is 0 Å². The van der Waals surface area contributed by atoms with Gasteiger partial charge in [0.05, 0.1) is 16.7 Å². The number of carbonyl (C=O) groups excluding carboxylic acids is 1. The molecule has 0 amide bonds. The predicted molar refractivity (Wildman–Crippen MR) is 123 cm³/mol. The lowest BCUT2D eigenvalue weighted by atomic mass is 9.76. The van der Waals surface area contributed by atoms with E-state index in [0.717, 1.165) is 22.5 Å². The number of fused-ring (bicyclic) bond motifs is 3. The van der Waals surface area contributed by atoms with Gasteiger partial charge in [-0.25, -0.2) is 8.42 Å². The van der Waals surface area contributed by atoms with E-state index in [4.69, 9.17) is 4.74 Å². The van der Waals surface area contributed by atoms with Crippen LogP contribution in [0.15, 0.2) is 53.4 Å². The minimum Gasteiger partial charge on any atom is -0.434 e.